The maximum Gasteiger partial charge on any atom is 0.267 e. The number of hydrogen-bond acceptors (Lipinski definition) is 3. The van der Waals surface area contributed by atoms with E-state index >= 15 is 0 Å². The number of pyridine rings is 1. The van der Waals surface area contributed by atoms with E-state index in [1.54, 1.807) is 19.5 Å². The van der Waals surface area contributed by atoms with Crippen LogP contribution in [0.1, 0.15) is 16.1 Å². The first-order chi connectivity index (χ1) is 10.3. The molecular weight excluding hydrogens is 266 g/mol. The quantitative estimate of drug-likeness (QED) is 0.772. The molecule has 0 radical (unpaired) electrons. The normalized spacial score (nSPS) is 10.5. The highest BCUT2D eigenvalue weighted by Crippen LogP contribution is 2.21. The zero-order valence-corrected chi connectivity index (χ0v) is 11.6. The number of carbonyl (C=O) groups is 1. The lowest BCUT2D eigenvalue weighted by molar-refractivity contribution is 0.0946. The molecule has 0 fully saturated rings. The van der Waals surface area contributed by atoms with Gasteiger partial charge in [-0.05, 0) is 29.8 Å². The summed E-state index contributed by atoms with van der Waals surface area (Å²) in [6, 6.07) is 11.2. The topological polar surface area (TPSA) is 67.0 Å². The molecule has 2 N–H and O–H groups in total. The van der Waals surface area contributed by atoms with Crippen LogP contribution in [0.3, 0.4) is 0 Å². The van der Waals surface area contributed by atoms with Gasteiger partial charge in [0.25, 0.3) is 5.91 Å². The molecule has 2 heterocycles. The summed E-state index contributed by atoms with van der Waals surface area (Å²) in [5.41, 5.74) is 2.37. The fourth-order valence-corrected chi connectivity index (χ4v) is 2.14. The number of nitrogens with one attached hydrogen (secondary N) is 2. The molecule has 106 valence electrons. The van der Waals surface area contributed by atoms with Gasteiger partial charge >= 0.3 is 0 Å². The molecule has 0 atom stereocenters. The van der Waals surface area contributed by atoms with Gasteiger partial charge in [-0.15, -0.1) is 0 Å². The molecule has 1 aromatic carbocycles. The SMILES string of the molecule is COc1ccc2cc(C(=O)NCc3cccnc3)[nH]c2c1. The fraction of sp³-hybridized carbons (Fsp3) is 0.125. The van der Waals surface area contributed by atoms with E-state index in [1.807, 2.05) is 36.4 Å². The van der Waals surface area contributed by atoms with E-state index in [1.165, 1.54) is 0 Å². The van der Waals surface area contributed by atoms with Gasteiger partial charge in [0, 0.05) is 35.9 Å². The minimum atomic E-state index is -0.144. The molecule has 5 nitrogen and oxygen atoms in total. The second-order valence-corrected chi connectivity index (χ2v) is 4.68. The molecule has 5 heteroatoms. The Morgan fingerprint density at radius 3 is 3.00 bits per heavy atom. The summed E-state index contributed by atoms with van der Waals surface area (Å²) in [5.74, 6) is 0.612. The van der Waals surface area contributed by atoms with Gasteiger partial charge in [0.2, 0.25) is 0 Å². The first kappa shape index (κ1) is 13.2. The number of aromatic nitrogens is 2. The van der Waals surface area contributed by atoms with Crippen LogP contribution in [0.25, 0.3) is 10.9 Å². The molecule has 3 aromatic rings. The van der Waals surface area contributed by atoms with Crippen molar-refractivity contribution in [2.24, 2.45) is 0 Å². The van der Waals surface area contributed by atoms with E-state index in [0.717, 1.165) is 22.2 Å². The summed E-state index contributed by atoms with van der Waals surface area (Å²) in [6.07, 6.45) is 3.44. The second kappa shape index (κ2) is 5.66. The molecule has 0 bridgehead atoms. The number of methoxy groups -OCH3 is 1. The van der Waals surface area contributed by atoms with Crippen molar-refractivity contribution in [2.75, 3.05) is 7.11 Å². The van der Waals surface area contributed by atoms with Crippen molar-refractivity contribution >= 4 is 16.8 Å². The zero-order valence-electron chi connectivity index (χ0n) is 11.6. The molecule has 21 heavy (non-hydrogen) atoms. The molecule has 0 spiro atoms. The lowest BCUT2D eigenvalue weighted by atomic mass is 10.2. The molecular formula is C16H15N3O2. The molecule has 0 aliphatic heterocycles. The number of nitrogens with zero attached hydrogens (tertiary/aromatic N) is 1. The summed E-state index contributed by atoms with van der Waals surface area (Å²) in [6.45, 7) is 0.450. The van der Waals surface area contributed by atoms with Crippen molar-refractivity contribution in [3.63, 3.8) is 0 Å². The Kier molecular flexibility index (Phi) is 3.55. The highest BCUT2D eigenvalue weighted by atomic mass is 16.5. The van der Waals surface area contributed by atoms with Gasteiger partial charge in [-0.1, -0.05) is 6.07 Å². The smallest absolute Gasteiger partial charge is 0.267 e. The van der Waals surface area contributed by atoms with Crippen LogP contribution in [-0.2, 0) is 6.54 Å². The van der Waals surface area contributed by atoms with Crippen LogP contribution < -0.4 is 10.1 Å². The number of fused-ring (bicyclic) bond motifs is 1. The molecule has 0 aliphatic rings. The van der Waals surface area contributed by atoms with Crippen LogP contribution in [-0.4, -0.2) is 23.0 Å². The molecule has 2 aromatic heterocycles. The van der Waals surface area contributed by atoms with Crippen molar-refractivity contribution < 1.29 is 9.53 Å². The Labute approximate surface area is 122 Å². The van der Waals surface area contributed by atoms with Crippen LogP contribution >= 0.6 is 0 Å². The van der Waals surface area contributed by atoms with Gasteiger partial charge in [0.15, 0.2) is 0 Å². The molecule has 0 saturated heterocycles. The van der Waals surface area contributed by atoms with Crippen LogP contribution in [0.5, 0.6) is 5.75 Å². The molecule has 0 aliphatic carbocycles. The third kappa shape index (κ3) is 2.86. The predicted octanol–water partition coefficient (Wildman–Crippen LogP) is 2.50. The average molecular weight is 281 g/mol. The summed E-state index contributed by atoms with van der Waals surface area (Å²) < 4.78 is 5.17. The lowest BCUT2D eigenvalue weighted by Gasteiger charge is -2.03. The molecule has 1 amide bonds. The number of ether oxygens (including phenoxy) is 1. The number of benzene rings is 1. The van der Waals surface area contributed by atoms with E-state index in [-0.39, 0.29) is 5.91 Å². The second-order valence-electron chi connectivity index (χ2n) is 4.68. The van der Waals surface area contributed by atoms with Crippen LogP contribution in [0, 0.1) is 0 Å². The van der Waals surface area contributed by atoms with Gasteiger partial charge in [0.1, 0.15) is 11.4 Å². The van der Waals surface area contributed by atoms with Gasteiger partial charge in [0.05, 0.1) is 7.11 Å². The van der Waals surface area contributed by atoms with Crippen LogP contribution in [0.4, 0.5) is 0 Å². The first-order valence-electron chi connectivity index (χ1n) is 6.60. The van der Waals surface area contributed by atoms with E-state index in [0.29, 0.717) is 12.2 Å². The predicted molar refractivity (Wildman–Crippen MR) is 80.3 cm³/mol. The Hall–Kier alpha value is -2.82. The van der Waals surface area contributed by atoms with Crippen LogP contribution in [0.15, 0.2) is 48.8 Å². The van der Waals surface area contributed by atoms with Gasteiger partial charge < -0.3 is 15.0 Å². The Bertz CT molecular complexity index is 766. The number of carbonyl (C=O) groups excluding carboxylic acids is 1. The number of H-pyrrole nitrogens is 1. The monoisotopic (exact) mass is 281 g/mol. The summed E-state index contributed by atoms with van der Waals surface area (Å²) in [7, 11) is 1.62. The third-order valence-electron chi connectivity index (χ3n) is 3.25. The summed E-state index contributed by atoms with van der Waals surface area (Å²) in [4.78, 5) is 19.3. The third-order valence-corrected chi connectivity index (χ3v) is 3.25. The van der Waals surface area contributed by atoms with Crippen LogP contribution in [0.2, 0.25) is 0 Å². The van der Waals surface area contributed by atoms with E-state index in [9.17, 15) is 4.79 Å². The highest BCUT2D eigenvalue weighted by Gasteiger charge is 2.09. The largest absolute Gasteiger partial charge is 0.497 e. The first-order valence-corrected chi connectivity index (χ1v) is 6.60. The number of hydrogen-bond donors (Lipinski definition) is 2. The summed E-state index contributed by atoms with van der Waals surface area (Å²) in [5, 5.41) is 3.84. The molecule has 0 unspecified atom stereocenters. The molecule has 3 rings (SSSR count). The fourth-order valence-electron chi connectivity index (χ4n) is 2.14. The van der Waals surface area contributed by atoms with Gasteiger partial charge in [-0.25, -0.2) is 0 Å². The maximum absolute atomic E-state index is 12.1. The van der Waals surface area contributed by atoms with Crippen molar-refractivity contribution in [1.29, 1.82) is 0 Å². The Morgan fingerprint density at radius 2 is 2.24 bits per heavy atom. The van der Waals surface area contributed by atoms with Crippen molar-refractivity contribution in [2.45, 2.75) is 6.54 Å². The number of amides is 1. The van der Waals surface area contributed by atoms with Crippen molar-refractivity contribution in [3.05, 3.63) is 60.0 Å². The Morgan fingerprint density at radius 1 is 1.33 bits per heavy atom. The standard InChI is InChI=1S/C16H15N3O2/c1-21-13-5-4-12-7-15(19-14(12)8-13)16(20)18-10-11-3-2-6-17-9-11/h2-9,19H,10H2,1H3,(H,18,20). The van der Waals surface area contributed by atoms with E-state index in [4.69, 9.17) is 4.74 Å². The highest BCUT2D eigenvalue weighted by molar-refractivity contribution is 5.98. The minimum Gasteiger partial charge on any atom is -0.497 e. The lowest BCUT2D eigenvalue weighted by Crippen LogP contribution is -2.23. The summed E-state index contributed by atoms with van der Waals surface area (Å²) >= 11 is 0. The Balaban J connectivity index is 1.75. The zero-order chi connectivity index (χ0) is 14.7. The van der Waals surface area contributed by atoms with Gasteiger partial charge in [-0.2, -0.15) is 0 Å². The van der Waals surface area contributed by atoms with Crippen molar-refractivity contribution in [1.82, 2.24) is 15.3 Å². The van der Waals surface area contributed by atoms with Crippen molar-refractivity contribution in [3.8, 4) is 5.75 Å². The molecule has 0 saturated carbocycles. The van der Waals surface area contributed by atoms with E-state index in [2.05, 4.69) is 15.3 Å². The maximum atomic E-state index is 12.1. The van der Waals surface area contributed by atoms with Gasteiger partial charge in [-0.3, -0.25) is 9.78 Å². The van der Waals surface area contributed by atoms with E-state index < -0.39 is 0 Å². The average Bonchev–Trinajstić information content (AvgIpc) is 2.96. The number of rotatable bonds is 4. The number of aromatic amines is 1. The minimum absolute atomic E-state index is 0.144.